The number of fused-ring (bicyclic) bond motifs is 3. The summed E-state index contributed by atoms with van der Waals surface area (Å²) >= 11 is 28.7. The highest BCUT2D eigenvalue weighted by Gasteiger charge is 2.25. The van der Waals surface area contributed by atoms with Gasteiger partial charge >= 0.3 is 0 Å². The lowest BCUT2D eigenvalue weighted by atomic mass is 10.1. The molecule has 1 nitrogen and oxygen atoms in total. The molecule has 0 unspecified atom stereocenters. The predicted octanol–water partition coefficient (Wildman–Crippen LogP) is 9.69. The molecule has 0 aliphatic rings. The molecule has 0 N–H and O–H groups in total. The molecule has 110 valence electrons. The Hall–Kier alpha value is 2.08. The lowest BCUT2D eigenvalue weighted by molar-refractivity contribution is 0.663. The standard InChI is InChI=1S/C12Br8O/c13-3-1-2-4(14)6(16)8(18)10(20)12(2)21-11(1)9(19)7(17)5(3)15. The summed E-state index contributed by atoms with van der Waals surface area (Å²) in [5.41, 5.74) is 1.52. The highest BCUT2D eigenvalue weighted by molar-refractivity contribution is 9.15. The second kappa shape index (κ2) is 6.42. The van der Waals surface area contributed by atoms with Crippen molar-refractivity contribution in [2.45, 2.75) is 0 Å². The Bertz CT molecular complexity index is 853. The fourth-order valence-electron chi connectivity index (χ4n) is 1.96. The average molecular weight is 799 g/mol. The van der Waals surface area contributed by atoms with Crippen molar-refractivity contribution in [3.05, 3.63) is 35.8 Å². The van der Waals surface area contributed by atoms with E-state index in [1.165, 1.54) is 0 Å². The number of benzene rings is 2. The highest BCUT2D eigenvalue weighted by Crippen LogP contribution is 2.52. The molecule has 9 heteroatoms. The van der Waals surface area contributed by atoms with Crippen molar-refractivity contribution in [2.24, 2.45) is 0 Å². The van der Waals surface area contributed by atoms with Gasteiger partial charge in [-0.25, -0.2) is 0 Å². The Kier molecular flexibility index (Phi) is 5.47. The zero-order valence-corrected chi connectivity index (χ0v) is 22.1. The van der Waals surface area contributed by atoms with E-state index in [2.05, 4.69) is 127 Å². The molecule has 0 amide bonds. The number of furan rings is 1. The molecule has 0 saturated heterocycles. The van der Waals surface area contributed by atoms with Crippen LogP contribution in [0, 0.1) is 0 Å². The molecule has 1 aromatic heterocycles. The van der Waals surface area contributed by atoms with E-state index in [1.54, 1.807) is 0 Å². The third-order valence-corrected chi connectivity index (χ3v) is 12.4. The van der Waals surface area contributed by atoms with Gasteiger partial charge in [0.05, 0.1) is 17.9 Å². The van der Waals surface area contributed by atoms with Gasteiger partial charge in [-0.3, -0.25) is 0 Å². The normalized spacial score (nSPS) is 11.8. The molecule has 3 rings (SSSR count). The number of hydrogen-bond donors (Lipinski definition) is 0. The Morgan fingerprint density at radius 1 is 0.381 bits per heavy atom. The smallest absolute Gasteiger partial charge is 0.152 e. The van der Waals surface area contributed by atoms with Crippen molar-refractivity contribution in [2.75, 3.05) is 0 Å². The van der Waals surface area contributed by atoms with Crippen molar-refractivity contribution in [1.82, 2.24) is 0 Å². The van der Waals surface area contributed by atoms with E-state index in [-0.39, 0.29) is 0 Å². The molecule has 0 atom stereocenters. The van der Waals surface area contributed by atoms with Crippen molar-refractivity contribution >= 4 is 149 Å². The second-order valence-corrected chi connectivity index (χ2v) is 10.4. The molecular weight excluding hydrogens is 799 g/mol. The van der Waals surface area contributed by atoms with Crippen LogP contribution in [-0.2, 0) is 0 Å². The molecule has 0 radical (unpaired) electrons. The summed E-state index contributed by atoms with van der Waals surface area (Å²) in [6.45, 7) is 0. The van der Waals surface area contributed by atoms with E-state index in [4.69, 9.17) is 4.42 Å². The van der Waals surface area contributed by atoms with E-state index in [1.807, 2.05) is 0 Å². The largest absolute Gasteiger partial charge is 0.454 e. The van der Waals surface area contributed by atoms with E-state index in [0.717, 1.165) is 57.7 Å². The third-order valence-electron chi connectivity index (χ3n) is 2.90. The van der Waals surface area contributed by atoms with E-state index in [0.29, 0.717) is 0 Å². The molecule has 0 aliphatic heterocycles. The van der Waals surface area contributed by atoms with Crippen LogP contribution in [0.2, 0.25) is 0 Å². The SMILES string of the molecule is Brc1c(Br)c(Br)c2c(oc3c(Br)c(Br)c(Br)c(Br)c32)c1Br. The quantitative estimate of drug-likeness (QED) is 0.163. The van der Waals surface area contributed by atoms with Gasteiger partial charge in [0, 0.05) is 28.7 Å². The van der Waals surface area contributed by atoms with Gasteiger partial charge < -0.3 is 4.42 Å². The van der Waals surface area contributed by atoms with Gasteiger partial charge in [-0.05, 0) is 127 Å². The summed E-state index contributed by atoms with van der Waals surface area (Å²) in [5, 5.41) is 1.96. The summed E-state index contributed by atoms with van der Waals surface area (Å²) < 4.78 is 13.3. The Balaban J connectivity index is 2.73. The summed E-state index contributed by atoms with van der Waals surface area (Å²) in [5.74, 6) is 0. The molecule has 2 aromatic carbocycles. The average Bonchev–Trinajstić information content (AvgIpc) is 2.87. The summed E-state index contributed by atoms with van der Waals surface area (Å²) in [4.78, 5) is 0. The molecule has 1 heterocycles. The Morgan fingerprint density at radius 2 is 0.667 bits per heavy atom. The molecule has 0 spiro atoms. The first kappa shape index (κ1) is 17.9. The zero-order valence-electron chi connectivity index (χ0n) is 9.43. The van der Waals surface area contributed by atoms with Gasteiger partial charge in [0.15, 0.2) is 11.2 Å². The molecule has 0 aliphatic carbocycles. The predicted molar refractivity (Wildman–Crippen MR) is 115 cm³/mol. The maximum atomic E-state index is 6.09. The Labute approximate surface area is 187 Å². The van der Waals surface area contributed by atoms with Gasteiger partial charge in [0.25, 0.3) is 0 Å². The third kappa shape index (κ3) is 2.64. The minimum Gasteiger partial charge on any atom is -0.454 e. The molecule has 21 heavy (non-hydrogen) atoms. The lowest BCUT2D eigenvalue weighted by Crippen LogP contribution is -1.81. The zero-order chi connectivity index (χ0) is 15.6. The lowest BCUT2D eigenvalue weighted by Gasteiger charge is -2.06. The monoisotopic (exact) mass is 791 g/mol. The van der Waals surface area contributed by atoms with Crippen LogP contribution >= 0.6 is 127 Å². The summed E-state index contributed by atoms with van der Waals surface area (Å²) in [6.07, 6.45) is 0. The van der Waals surface area contributed by atoms with Crippen LogP contribution in [0.1, 0.15) is 0 Å². The van der Waals surface area contributed by atoms with Crippen molar-refractivity contribution < 1.29 is 4.42 Å². The first-order valence-corrected chi connectivity index (χ1v) is 11.5. The summed E-state index contributed by atoms with van der Waals surface area (Å²) in [6, 6.07) is 0. The molecule has 0 fully saturated rings. The minimum absolute atomic E-state index is 0.762. The maximum absolute atomic E-state index is 6.09. The molecular formula is C12Br8O. The Morgan fingerprint density at radius 3 is 1.00 bits per heavy atom. The minimum atomic E-state index is 0.762. The van der Waals surface area contributed by atoms with Gasteiger partial charge in [0.2, 0.25) is 0 Å². The van der Waals surface area contributed by atoms with Crippen molar-refractivity contribution in [3.63, 3.8) is 0 Å². The van der Waals surface area contributed by atoms with Crippen LogP contribution in [0.25, 0.3) is 21.9 Å². The maximum Gasteiger partial charge on any atom is 0.152 e. The van der Waals surface area contributed by atoms with E-state index >= 15 is 0 Å². The number of rotatable bonds is 0. The van der Waals surface area contributed by atoms with Crippen LogP contribution < -0.4 is 0 Å². The van der Waals surface area contributed by atoms with E-state index < -0.39 is 0 Å². The van der Waals surface area contributed by atoms with Gasteiger partial charge in [0.1, 0.15) is 0 Å². The molecule has 0 saturated carbocycles. The van der Waals surface area contributed by atoms with Crippen molar-refractivity contribution in [1.29, 1.82) is 0 Å². The van der Waals surface area contributed by atoms with Gasteiger partial charge in [-0.1, -0.05) is 0 Å². The second-order valence-electron chi connectivity index (χ2n) is 4.02. The first-order valence-electron chi connectivity index (χ1n) is 5.17. The summed E-state index contributed by atoms with van der Waals surface area (Å²) in [7, 11) is 0. The fourth-order valence-corrected chi connectivity index (χ4v) is 6.69. The van der Waals surface area contributed by atoms with Crippen molar-refractivity contribution in [3.8, 4) is 0 Å². The van der Waals surface area contributed by atoms with Crippen LogP contribution in [0.4, 0.5) is 0 Å². The van der Waals surface area contributed by atoms with Crippen LogP contribution in [0.5, 0.6) is 0 Å². The van der Waals surface area contributed by atoms with Crippen LogP contribution in [-0.4, -0.2) is 0 Å². The van der Waals surface area contributed by atoms with Gasteiger partial charge in [-0.15, -0.1) is 0 Å². The van der Waals surface area contributed by atoms with Crippen LogP contribution in [0.3, 0.4) is 0 Å². The topological polar surface area (TPSA) is 13.1 Å². The number of halogens is 8. The van der Waals surface area contributed by atoms with Crippen LogP contribution in [0.15, 0.2) is 40.2 Å². The molecule has 0 bridgehead atoms. The number of hydrogen-bond acceptors (Lipinski definition) is 1. The fraction of sp³-hybridized carbons (Fsp3) is 0. The van der Waals surface area contributed by atoms with E-state index in [9.17, 15) is 0 Å². The highest BCUT2D eigenvalue weighted by atomic mass is 79.9. The first-order chi connectivity index (χ1) is 9.77. The molecule has 3 aromatic rings. The van der Waals surface area contributed by atoms with Gasteiger partial charge in [-0.2, -0.15) is 0 Å².